The van der Waals surface area contributed by atoms with Crippen molar-refractivity contribution in [1.29, 1.82) is 0 Å². The largest absolute Gasteiger partial charge is 0.357 e. The van der Waals surface area contributed by atoms with E-state index in [0.29, 0.717) is 11.1 Å². The minimum absolute atomic E-state index is 0. The van der Waals surface area contributed by atoms with Crippen LogP contribution in [0.1, 0.15) is 39.2 Å². The fourth-order valence-electron chi connectivity index (χ4n) is 3.42. The highest BCUT2D eigenvalue weighted by Gasteiger charge is 2.20. The van der Waals surface area contributed by atoms with E-state index in [1.54, 1.807) is 0 Å². The van der Waals surface area contributed by atoms with Gasteiger partial charge in [-0.25, -0.2) is 4.98 Å². The van der Waals surface area contributed by atoms with Crippen molar-refractivity contribution in [3.63, 3.8) is 0 Å². The Morgan fingerprint density at radius 1 is 1.37 bits per heavy atom. The van der Waals surface area contributed by atoms with Gasteiger partial charge >= 0.3 is 0 Å². The van der Waals surface area contributed by atoms with Crippen LogP contribution in [0, 0.1) is 11.8 Å². The van der Waals surface area contributed by atoms with Gasteiger partial charge in [-0.15, -0.1) is 24.0 Å². The van der Waals surface area contributed by atoms with E-state index in [4.69, 9.17) is 16.6 Å². The van der Waals surface area contributed by atoms with Crippen molar-refractivity contribution < 1.29 is 0 Å². The second-order valence-electron chi connectivity index (χ2n) is 7.55. The molecular formula is C20H35ClIN5. The Hall–Kier alpha value is -0.600. The van der Waals surface area contributed by atoms with Gasteiger partial charge < -0.3 is 15.5 Å². The lowest BCUT2D eigenvalue weighted by molar-refractivity contribution is 0.162. The highest BCUT2D eigenvalue weighted by molar-refractivity contribution is 14.0. The van der Waals surface area contributed by atoms with Gasteiger partial charge in [-0.1, -0.05) is 31.5 Å². The maximum Gasteiger partial charge on any atom is 0.191 e. The number of halogens is 2. The Kier molecular flexibility index (Phi) is 12.3. The fraction of sp³-hybridized carbons (Fsp3) is 0.700. The standard InChI is InChI=1S/C20H34ClN5.HI/c1-4-22-20(23-10-9-17-7-8-19(21)24-12-17)25-13-18-6-5-11-26(15-18)14-16(2)3;/h7-8,12,16,18H,4-6,9-11,13-15H2,1-3H3,(H2,22,23,25);1H. The highest BCUT2D eigenvalue weighted by Crippen LogP contribution is 2.17. The molecule has 0 aliphatic carbocycles. The van der Waals surface area contributed by atoms with E-state index in [0.717, 1.165) is 37.9 Å². The monoisotopic (exact) mass is 507 g/mol. The maximum atomic E-state index is 5.83. The van der Waals surface area contributed by atoms with Crippen LogP contribution in [0.25, 0.3) is 0 Å². The minimum Gasteiger partial charge on any atom is -0.357 e. The first-order valence-electron chi connectivity index (χ1n) is 9.91. The maximum absolute atomic E-state index is 5.83. The molecule has 1 fully saturated rings. The number of aromatic nitrogens is 1. The summed E-state index contributed by atoms with van der Waals surface area (Å²) in [5.41, 5.74) is 1.18. The Labute approximate surface area is 186 Å². The molecule has 1 aliphatic heterocycles. The van der Waals surface area contributed by atoms with E-state index in [9.17, 15) is 0 Å². The lowest BCUT2D eigenvalue weighted by Crippen LogP contribution is -2.41. The van der Waals surface area contributed by atoms with E-state index in [2.05, 4.69) is 41.3 Å². The number of likely N-dealkylation sites (tertiary alicyclic amines) is 1. The quantitative estimate of drug-likeness (QED) is 0.243. The third-order valence-corrected chi connectivity index (χ3v) is 4.80. The zero-order valence-corrected chi connectivity index (χ0v) is 20.0. The summed E-state index contributed by atoms with van der Waals surface area (Å²) in [5, 5.41) is 7.32. The van der Waals surface area contributed by atoms with Gasteiger partial charge in [0, 0.05) is 38.9 Å². The van der Waals surface area contributed by atoms with Gasteiger partial charge in [0.05, 0.1) is 0 Å². The third kappa shape index (κ3) is 9.94. The minimum atomic E-state index is 0. The smallest absolute Gasteiger partial charge is 0.191 e. The van der Waals surface area contributed by atoms with Crippen molar-refractivity contribution in [1.82, 2.24) is 20.5 Å². The summed E-state index contributed by atoms with van der Waals surface area (Å²) in [4.78, 5) is 11.6. The molecule has 5 nitrogen and oxygen atoms in total. The summed E-state index contributed by atoms with van der Waals surface area (Å²) in [7, 11) is 0. The van der Waals surface area contributed by atoms with E-state index in [1.165, 1.54) is 38.0 Å². The molecule has 2 N–H and O–H groups in total. The molecule has 1 atom stereocenters. The van der Waals surface area contributed by atoms with Crippen LogP contribution in [0.2, 0.25) is 5.15 Å². The number of nitrogens with one attached hydrogen (secondary N) is 2. The number of pyridine rings is 1. The molecule has 1 saturated heterocycles. The Morgan fingerprint density at radius 2 is 2.19 bits per heavy atom. The van der Waals surface area contributed by atoms with Gasteiger partial charge in [-0.05, 0) is 56.2 Å². The number of piperidine rings is 1. The first-order chi connectivity index (χ1) is 12.6. The summed E-state index contributed by atoms with van der Waals surface area (Å²) in [5.74, 6) is 2.31. The zero-order chi connectivity index (χ0) is 18.8. The number of rotatable bonds is 8. The summed E-state index contributed by atoms with van der Waals surface area (Å²) in [6.45, 7) is 12.9. The van der Waals surface area contributed by atoms with Crippen LogP contribution < -0.4 is 10.6 Å². The van der Waals surface area contributed by atoms with Gasteiger partial charge in [0.25, 0.3) is 0 Å². The zero-order valence-electron chi connectivity index (χ0n) is 16.9. The van der Waals surface area contributed by atoms with Gasteiger partial charge in [-0.2, -0.15) is 0 Å². The molecule has 0 bridgehead atoms. The average molecular weight is 508 g/mol. The first kappa shape index (κ1) is 24.4. The number of hydrogen-bond donors (Lipinski definition) is 2. The van der Waals surface area contributed by atoms with Crippen LogP contribution in [-0.4, -0.2) is 55.1 Å². The van der Waals surface area contributed by atoms with Crippen molar-refractivity contribution in [3.8, 4) is 0 Å². The molecule has 0 spiro atoms. The highest BCUT2D eigenvalue weighted by atomic mass is 127. The van der Waals surface area contributed by atoms with Crippen LogP contribution in [0.4, 0.5) is 0 Å². The number of nitrogens with zero attached hydrogens (tertiary/aromatic N) is 3. The van der Waals surface area contributed by atoms with Crippen LogP contribution in [0.15, 0.2) is 23.3 Å². The van der Waals surface area contributed by atoms with Crippen molar-refractivity contribution >= 4 is 41.5 Å². The molecule has 2 rings (SSSR count). The molecule has 27 heavy (non-hydrogen) atoms. The van der Waals surface area contributed by atoms with Gasteiger partial charge in [0.2, 0.25) is 0 Å². The van der Waals surface area contributed by atoms with Crippen molar-refractivity contribution in [3.05, 3.63) is 29.0 Å². The Morgan fingerprint density at radius 3 is 2.85 bits per heavy atom. The molecule has 1 unspecified atom stereocenters. The normalized spacial score (nSPS) is 18.3. The third-order valence-electron chi connectivity index (χ3n) is 4.57. The van der Waals surface area contributed by atoms with Crippen LogP contribution in [0.3, 0.4) is 0 Å². The molecule has 1 aromatic rings. The SMILES string of the molecule is CCNC(=NCC1CCCN(CC(C)C)C1)NCCc1ccc(Cl)nc1.I. The van der Waals surface area contributed by atoms with Crippen LogP contribution >= 0.6 is 35.6 Å². The van der Waals surface area contributed by atoms with E-state index >= 15 is 0 Å². The molecule has 7 heteroatoms. The molecular weight excluding hydrogens is 473 g/mol. The first-order valence-corrected chi connectivity index (χ1v) is 10.3. The fourth-order valence-corrected chi connectivity index (χ4v) is 3.54. The summed E-state index contributed by atoms with van der Waals surface area (Å²) >= 11 is 5.83. The lowest BCUT2D eigenvalue weighted by atomic mass is 9.97. The predicted molar refractivity (Wildman–Crippen MR) is 126 cm³/mol. The molecule has 0 aromatic carbocycles. The topological polar surface area (TPSA) is 52.6 Å². The van der Waals surface area contributed by atoms with Gasteiger partial charge in [0.15, 0.2) is 5.96 Å². The lowest BCUT2D eigenvalue weighted by Gasteiger charge is -2.33. The molecule has 0 amide bonds. The Balaban J connectivity index is 0.00000364. The van der Waals surface area contributed by atoms with Crippen LogP contribution in [-0.2, 0) is 6.42 Å². The van der Waals surface area contributed by atoms with Crippen molar-refractivity contribution in [2.45, 2.75) is 40.0 Å². The van der Waals surface area contributed by atoms with Crippen molar-refractivity contribution in [2.75, 3.05) is 39.3 Å². The molecule has 2 heterocycles. The second-order valence-corrected chi connectivity index (χ2v) is 7.93. The Bertz CT molecular complexity index is 550. The molecule has 1 aliphatic rings. The number of hydrogen-bond acceptors (Lipinski definition) is 3. The molecule has 0 saturated carbocycles. The molecule has 1 aromatic heterocycles. The van der Waals surface area contributed by atoms with Crippen molar-refractivity contribution in [2.24, 2.45) is 16.8 Å². The summed E-state index contributed by atoms with van der Waals surface area (Å²) < 4.78 is 0. The van der Waals surface area contributed by atoms with Gasteiger partial charge in [-0.3, -0.25) is 4.99 Å². The summed E-state index contributed by atoms with van der Waals surface area (Å²) in [6.07, 6.45) is 5.31. The van der Waals surface area contributed by atoms with E-state index < -0.39 is 0 Å². The van der Waals surface area contributed by atoms with Gasteiger partial charge in [0.1, 0.15) is 5.15 Å². The van der Waals surface area contributed by atoms with E-state index in [1.807, 2.05) is 18.3 Å². The molecule has 0 radical (unpaired) electrons. The second kappa shape index (κ2) is 13.6. The summed E-state index contributed by atoms with van der Waals surface area (Å²) in [6, 6.07) is 3.86. The van der Waals surface area contributed by atoms with Crippen LogP contribution in [0.5, 0.6) is 0 Å². The molecule has 154 valence electrons. The van der Waals surface area contributed by atoms with E-state index in [-0.39, 0.29) is 24.0 Å². The predicted octanol–water partition coefficient (Wildman–Crippen LogP) is 3.82. The number of guanidine groups is 1. The average Bonchev–Trinajstić information content (AvgIpc) is 2.61. The number of aliphatic imine (C=N–C) groups is 1.